The predicted molar refractivity (Wildman–Crippen MR) is 116 cm³/mol. The van der Waals surface area contributed by atoms with E-state index in [9.17, 15) is 22.8 Å². The number of hydrogen-bond donors (Lipinski definition) is 0. The van der Waals surface area contributed by atoms with Crippen molar-refractivity contribution < 1.29 is 32.2 Å². The summed E-state index contributed by atoms with van der Waals surface area (Å²) in [5.41, 5.74) is 0.464. The van der Waals surface area contributed by atoms with Crippen LogP contribution in [-0.2, 0) is 21.5 Å². The molecular weight excluding hydrogens is 439 g/mol. The van der Waals surface area contributed by atoms with Crippen LogP contribution in [0.3, 0.4) is 0 Å². The molecule has 0 saturated carbocycles. The van der Waals surface area contributed by atoms with Crippen LogP contribution >= 0.6 is 0 Å². The van der Waals surface area contributed by atoms with E-state index >= 15 is 0 Å². The van der Waals surface area contributed by atoms with Crippen LogP contribution in [0.5, 0.6) is 11.5 Å². The number of fused-ring (bicyclic) bond motifs is 4. The van der Waals surface area contributed by atoms with E-state index in [1.165, 1.54) is 12.2 Å². The molecule has 0 unspecified atom stereocenters. The summed E-state index contributed by atoms with van der Waals surface area (Å²) in [5, 5.41) is 0.910. The first-order valence-electron chi connectivity index (χ1n) is 10.5. The highest BCUT2D eigenvalue weighted by Crippen LogP contribution is 2.51. The molecule has 4 rings (SSSR count). The first kappa shape index (κ1) is 22.6. The first-order valence-corrected chi connectivity index (χ1v) is 14.0. The third kappa shape index (κ3) is 3.76. The maximum Gasteiger partial charge on any atom is 0.471 e. The largest absolute Gasteiger partial charge is 0.471 e. The van der Waals surface area contributed by atoms with Crippen molar-refractivity contribution >= 4 is 25.0 Å². The van der Waals surface area contributed by atoms with Crippen LogP contribution in [0.1, 0.15) is 31.4 Å². The molecule has 0 saturated heterocycles. The fraction of sp³-hybridized carbons (Fsp3) is 0.478. The number of nitrogens with zero attached hydrogens (tertiary/aromatic N) is 1. The molecule has 0 N–H and O–H groups in total. The number of allylic oxidation sites excluding steroid dienone is 4. The fourth-order valence-corrected chi connectivity index (χ4v) is 6.36. The number of rotatable bonds is 1. The summed E-state index contributed by atoms with van der Waals surface area (Å²) in [7, 11) is -2.10. The second-order valence-corrected chi connectivity index (χ2v) is 15.1. The van der Waals surface area contributed by atoms with Crippen LogP contribution in [-0.4, -0.2) is 43.2 Å². The Labute approximate surface area is 185 Å². The van der Waals surface area contributed by atoms with Gasteiger partial charge in [0.2, 0.25) is 5.79 Å². The molecule has 1 spiro atoms. The molecule has 32 heavy (non-hydrogen) atoms. The van der Waals surface area contributed by atoms with Crippen molar-refractivity contribution in [3.8, 4) is 11.5 Å². The van der Waals surface area contributed by atoms with Gasteiger partial charge in [0.15, 0.2) is 17.3 Å². The molecule has 0 aromatic heterocycles. The Bertz CT molecular complexity index is 1050. The smallest absolute Gasteiger partial charge is 0.449 e. The van der Waals surface area contributed by atoms with E-state index < -0.39 is 31.4 Å². The Balaban J connectivity index is 2.02. The summed E-state index contributed by atoms with van der Waals surface area (Å²) in [6, 6.07) is 1.87. The van der Waals surface area contributed by atoms with Gasteiger partial charge in [-0.05, 0) is 30.2 Å². The van der Waals surface area contributed by atoms with Gasteiger partial charge in [0, 0.05) is 37.9 Å². The normalized spacial score (nSPS) is 21.0. The number of ketones is 1. The highest BCUT2D eigenvalue weighted by molar-refractivity contribution is 6.89. The van der Waals surface area contributed by atoms with E-state index in [-0.39, 0.29) is 25.3 Å². The average molecular weight is 466 g/mol. The zero-order chi connectivity index (χ0) is 23.7. The van der Waals surface area contributed by atoms with Crippen molar-refractivity contribution in [2.24, 2.45) is 0 Å². The molecule has 1 aliphatic carbocycles. The van der Waals surface area contributed by atoms with E-state index in [1.807, 2.05) is 6.07 Å². The minimum absolute atomic E-state index is 0.111. The predicted octanol–water partition coefficient (Wildman–Crippen LogP) is 3.97. The number of halogens is 3. The molecule has 2 aliphatic heterocycles. The molecule has 172 valence electrons. The van der Waals surface area contributed by atoms with Crippen LogP contribution in [0.4, 0.5) is 13.2 Å². The zero-order valence-electron chi connectivity index (χ0n) is 18.7. The number of amides is 1. The Hall–Kier alpha value is -2.55. The lowest BCUT2D eigenvalue weighted by molar-refractivity contribution is -0.186. The standard InChI is InChI=1S/C23H26F3NO4Si/c1-21(2)30-16-12-17(32(3,4)5)15-13-27(20(29)23(24,25)26)11-10-22(18(15)19(16)31-21)8-6-14(28)7-9-22/h6-9,12H,10-11,13H2,1-5H3. The minimum Gasteiger partial charge on any atom is -0.449 e. The van der Waals surface area contributed by atoms with Gasteiger partial charge in [0.05, 0.1) is 8.07 Å². The number of ether oxygens (including phenoxy) is 2. The minimum atomic E-state index is -4.97. The van der Waals surface area contributed by atoms with Crippen molar-refractivity contribution in [2.45, 2.75) is 63.8 Å². The SMILES string of the molecule is CC1(C)Oc2cc([Si](C)(C)C)c3c(c2O1)C1(C=CC(=O)C=C1)CCN(C(=O)C(F)(F)F)C3. The lowest BCUT2D eigenvalue weighted by Gasteiger charge is -2.33. The zero-order valence-corrected chi connectivity index (χ0v) is 19.7. The van der Waals surface area contributed by atoms with Crippen LogP contribution in [0.2, 0.25) is 19.6 Å². The summed E-state index contributed by atoms with van der Waals surface area (Å²) in [6.45, 7) is 9.54. The van der Waals surface area contributed by atoms with Crippen molar-refractivity contribution in [1.82, 2.24) is 4.90 Å². The van der Waals surface area contributed by atoms with E-state index in [0.717, 1.165) is 10.1 Å². The van der Waals surface area contributed by atoms with Gasteiger partial charge in [-0.3, -0.25) is 9.59 Å². The van der Waals surface area contributed by atoms with Crippen molar-refractivity contribution in [2.75, 3.05) is 6.54 Å². The summed E-state index contributed by atoms with van der Waals surface area (Å²) in [4.78, 5) is 25.1. The van der Waals surface area contributed by atoms with Gasteiger partial charge in [-0.2, -0.15) is 13.2 Å². The molecule has 1 aromatic rings. The summed E-state index contributed by atoms with van der Waals surface area (Å²) in [6.07, 6.45) is 1.52. The summed E-state index contributed by atoms with van der Waals surface area (Å²) in [5.74, 6) is -1.99. The van der Waals surface area contributed by atoms with E-state index in [0.29, 0.717) is 22.6 Å². The molecule has 2 heterocycles. The summed E-state index contributed by atoms with van der Waals surface area (Å²) >= 11 is 0. The maximum atomic E-state index is 13.4. The second kappa shape index (κ2) is 6.97. The number of carbonyl (C=O) groups is 2. The average Bonchev–Trinajstić information content (AvgIpc) is 2.87. The third-order valence-corrected chi connectivity index (χ3v) is 8.16. The molecule has 5 nitrogen and oxygen atoms in total. The number of alkyl halides is 3. The molecule has 3 aliphatic rings. The number of benzene rings is 1. The molecule has 0 radical (unpaired) electrons. The summed E-state index contributed by atoms with van der Waals surface area (Å²) < 4.78 is 52.3. The maximum absolute atomic E-state index is 13.4. The molecule has 0 bridgehead atoms. The first-order chi connectivity index (χ1) is 14.6. The molecule has 0 atom stereocenters. The van der Waals surface area contributed by atoms with E-state index in [1.54, 1.807) is 26.0 Å². The van der Waals surface area contributed by atoms with Crippen molar-refractivity contribution in [3.05, 3.63) is 41.5 Å². The highest BCUT2D eigenvalue weighted by atomic mass is 28.3. The fourth-order valence-electron chi connectivity index (χ4n) is 4.69. The molecule has 1 amide bonds. The van der Waals surface area contributed by atoms with Crippen molar-refractivity contribution in [3.63, 3.8) is 0 Å². The van der Waals surface area contributed by atoms with Gasteiger partial charge < -0.3 is 14.4 Å². The molecule has 1 aromatic carbocycles. The Kier molecular flexibility index (Phi) is 4.93. The van der Waals surface area contributed by atoms with Crippen LogP contribution < -0.4 is 14.7 Å². The number of carbonyl (C=O) groups excluding carboxylic acids is 2. The van der Waals surface area contributed by atoms with Crippen LogP contribution in [0, 0.1) is 0 Å². The van der Waals surface area contributed by atoms with E-state index in [4.69, 9.17) is 9.47 Å². The van der Waals surface area contributed by atoms with Gasteiger partial charge in [-0.15, -0.1) is 0 Å². The van der Waals surface area contributed by atoms with Crippen LogP contribution in [0.25, 0.3) is 0 Å². The molecular formula is C23H26F3NO4Si. The second-order valence-electron chi connectivity index (χ2n) is 10.0. The van der Waals surface area contributed by atoms with Gasteiger partial charge in [-0.25, -0.2) is 0 Å². The number of hydrogen-bond acceptors (Lipinski definition) is 4. The van der Waals surface area contributed by atoms with Gasteiger partial charge >= 0.3 is 12.1 Å². The Morgan fingerprint density at radius 2 is 1.75 bits per heavy atom. The molecule has 0 fully saturated rings. The highest BCUT2D eigenvalue weighted by Gasteiger charge is 2.49. The Morgan fingerprint density at radius 1 is 1.12 bits per heavy atom. The Morgan fingerprint density at radius 3 is 2.31 bits per heavy atom. The molecule has 9 heteroatoms. The topological polar surface area (TPSA) is 55.8 Å². The third-order valence-electron chi connectivity index (χ3n) is 6.09. The van der Waals surface area contributed by atoms with Gasteiger partial charge in [-0.1, -0.05) is 37.0 Å². The quantitative estimate of drug-likeness (QED) is 0.589. The lowest BCUT2D eigenvalue weighted by Crippen LogP contribution is -2.45. The van der Waals surface area contributed by atoms with Gasteiger partial charge in [0.25, 0.3) is 0 Å². The van der Waals surface area contributed by atoms with Crippen molar-refractivity contribution in [1.29, 1.82) is 0 Å². The monoisotopic (exact) mass is 465 g/mol. The van der Waals surface area contributed by atoms with Crippen LogP contribution in [0.15, 0.2) is 30.4 Å². The van der Waals surface area contributed by atoms with Gasteiger partial charge in [0.1, 0.15) is 0 Å². The van der Waals surface area contributed by atoms with E-state index in [2.05, 4.69) is 19.6 Å². The lowest BCUT2D eigenvalue weighted by atomic mass is 9.73.